The number of rotatable bonds is 5. The van der Waals surface area contributed by atoms with Crippen LogP contribution in [0.3, 0.4) is 0 Å². The summed E-state index contributed by atoms with van der Waals surface area (Å²) in [5.74, 6) is -0.754. The Morgan fingerprint density at radius 1 is 0.967 bits per heavy atom. The lowest BCUT2D eigenvalue weighted by Gasteiger charge is -2.03. The highest BCUT2D eigenvalue weighted by atomic mass is 79.9. The average molecular weight is 463 g/mol. The van der Waals surface area contributed by atoms with E-state index in [0.717, 1.165) is 44.8 Å². The van der Waals surface area contributed by atoms with Crippen LogP contribution < -0.4 is 11.1 Å². The summed E-state index contributed by atoms with van der Waals surface area (Å²) in [6.07, 6.45) is 4.57. The molecule has 0 spiro atoms. The van der Waals surface area contributed by atoms with Crippen LogP contribution in [-0.2, 0) is 16.1 Å². The molecule has 30 heavy (non-hydrogen) atoms. The second-order valence-electron chi connectivity index (χ2n) is 7.32. The van der Waals surface area contributed by atoms with Crippen molar-refractivity contribution in [2.45, 2.75) is 13.0 Å². The lowest BCUT2D eigenvalue weighted by molar-refractivity contribution is -0.122. The Morgan fingerprint density at radius 3 is 2.53 bits per heavy atom. The third kappa shape index (κ3) is 2.89. The zero-order chi connectivity index (χ0) is 20.8. The largest absolute Gasteiger partial charge is 0.361 e. The van der Waals surface area contributed by atoms with E-state index in [9.17, 15) is 9.59 Å². The van der Waals surface area contributed by atoms with E-state index in [4.69, 9.17) is 5.73 Å². The first-order chi connectivity index (χ1) is 14.6. The van der Waals surface area contributed by atoms with Gasteiger partial charge in [-0.25, -0.2) is 0 Å². The Bertz CT molecular complexity index is 1360. The van der Waals surface area contributed by atoms with E-state index < -0.39 is 0 Å². The summed E-state index contributed by atoms with van der Waals surface area (Å²) in [5, 5.41) is 4.31. The topological polar surface area (TPSA) is 92.9 Å². The van der Waals surface area contributed by atoms with E-state index in [1.165, 1.54) is 0 Å². The van der Waals surface area contributed by atoms with Gasteiger partial charge in [-0.2, -0.15) is 0 Å². The highest BCUT2D eigenvalue weighted by molar-refractivity contribution is 9.10. The van der Waals surface area contributed by atoms with Crippen LogP contribution in [0.4, 0.5) is 0 Å². The monoisotopic (exact) mass is 462 g/mol. The third-order valence-corrected chi connectivity index (χ3v) is 6.00. The second-order valence-corrected chi connectivity index (χ2v) is 8.24. The zero-order valence-electron chi connectivity index (χ0n) is 16.0. The second kappa shape index (κ2) is 7.27. The summed E-state index contributed by atoms with van der Waals surface area (Å²) < 4.78 is 3.01. The van der Waals surface area contributed by atoms with Crippen LogP contribution in [-0.4, -0.2) is 27.9 Å². The average Bonchev–Trinajstić information content (AvgIpc) is 3.39. The number of carbonyl (C=O) groups is 2. The molecule has 0 bridgehead atoms. The van der Waals surface area contributed by atoms with Gasteiger partial charge >= 0.3 is 0 Å². The molecule has 2 aromatic heterocycles. The number of aryl methyl sites for hydroxylation is 1. The Morgan fingerprint density at radius 2 is 1.73 bits per heavy atom. The van der Waals surface area contributed by atoms with Crippen molar-refractivity contribution in [2.24, 2.45) is 5.73 Å². The summed E-state index contributed by atoms with van der Waals surface area (Å²) in [6.45, 7) is 1.33. The highest BCUT2D eigenvalue weighted by Crippen LogP contribution is 2.38. The van der Waals surface area contributed by atoms with Gasteiger partial charge in [0.25, 0.3) is 11.8 Å². The molecule has 0 atom stereocenters. The van der Waals surface area contributed by atoms with Gasteiger partial charge < -0.3 is 15.3 Å². The van der Waals surface area contributed by atoms with Gasteiger partial charge in [0.2, 0.25) is 0 Å². The van der Waals surface area contributed by atoms with Crippen molar-refractivity contribution < 1.29 is 9.59 Å². The third-order valence-electron chi connectivity index (χ3n) is 5.51. The fourth-order valence-electron chi connectivity index (χ4n) is 4.16. The normalized spacial score (nSPS) is 14.3. The van der Waals surface area contributed by atoms with Crippen LogP contribution in [0.15, 0.2) is 59.3 Å². The smallest absolute Gasteiger partial charge is 0.259 e. The number of hydrogen-bond donors (Lipinski definition) is 3. The first-order valence-corrected chi connectivity index (χ1v) is 10.5. The number of fused-ring (bicyclic) bond motifs is 2. The molecule has 0 saturated carbocycles. The molecular formula is C23H19BrN4O2. The molecule has 7 heteroatoms. The molecule has 5 rings (SSSR count). The summed E-state index contributed by atoms with van der Waals surface area (Å²) >= 11 is 3.50. The molecule has 6 nitrogen and oxygen atoms in total. The lowest BCUT2D eigenvalue weighted by atomic mass is 9.95. The number of aromatic amines is 1. The first-order valence-electron chi connectivity index (χ1n) is 9.73. The number of benzene rings is 2. The minimum absolute atomic E-state index is 0.374. The van der Waals surface area contributed by atoms with E-state index in [2.05, 4.69) is 30.8 Å². The number of imide groups is 1. The van der Waals surface area contributed by atoms with Gasteiger partial charge in [0.1, 0.15) is 0 Å². The van der Waals surface area contributed by atoms with Crippen LogP contribution in [0.1, 0.15) is 17.5 Å². The minimum atomic E-state index is -0.380. The van der Waals surface area contributed by atoms with Crippen molar-refractivity contribution in [1.29, 1.82) is 0 Å². The molecule has 0 aliphatic carbocycles. The van der Waals surface area contributed by atoms with E-state index in [-0.39, 0.29) is 11.8 Å². The van der Waals surface area contributed by atoms with Gasteiger partial charge in [-0.05, 0) is 37.2 Å². The zero-order valence-corrected chi connectivity index (χ0v) is 17.6. The minimum Gasteiger partial charge on any atom is -0.361 e. The van der Waals surface area contributed by atoms with Gasteiger partial charge in [0, 0.05) is 56.3 Å². The molecule has 0 fully saturated rings. The van der Waals surface area contributed by atoms with E-state index in [1.54, 1.807) is 6.20 Å². The Hall–Kier alpha value is -3.16. The van der Waals surface area contributed by atoms with Crippen LogP contribution in [0.25, 0.3) is 33.0 Å². The molecule has 2 amide bonds. The predicted octanol–water partition coefficient (Wildman–Crippen LogP) is 3.80. The summed E-state index contributed by atoms with van der Waals surface area (Å²) in [7, 11) is 0. The van der Waals surface area contributed by atoms with Gasteiger partial charge in [0.15, 0.2) is 0 Å². The molecule has 4 N–H and O–H groups in total. The van der Waals surface area contributed by atoms with Gasteiger partial charge in [-0.1, -0.05) is 34.1 Å². The van der Waals surface area contributed by atoms with Gasteiger partial charge in [-0.15, -0.1) is 0 Å². The maximum Gasteiger partial charge on any atom is 0.259 e. The van der Waals surface area contributed by atoms with Crippen molar-refractivity contribution in [3.63, 3.8) is 0 Å². The molecular weight excluding hydrogens is 444 g/mol. The fourth-order valence-corrected chi connectivity index (χ4v) is 4.52. The van der Waals surface area contributed by atoms with Crippen LogP contribution in [0.2, 0.25) is 0 Å². The summed E-state index contributed by atoms with van der Waals surface area (Å²) in [5.41, 5.74) is 9.89. The lowest BCUT2D eigenvalue weighted by Crippen LogP contribution is -2.22. The highest BCUT2D eigenvalue weighted by Gasteiger charge is 2.35. The Kier molecular flexibility index (Phi) is 4.56. The van der Waals surface area contributed by atoms with Gasteiger partial charge in [0.05, 0.1) is 11.1 Å². The number of H-pyrrole nitrogens is 1. The molecule has 1 aliphatic rings. The summed E-state index contributed by atoms with van der Waals surface area (Å²) in [6, 6.07) is 13.7. The van der Waals surface area contributed by atoms with E-state index in [1.807, 2.05) is 48.7 Å². The number of hydrogen-bond acceptors (Lipinski definition) is 3. The van der Waals surface area contributed by atoms with Crippen LogP contribution >= 0.6 is 15.9 Å². The molecule has 0 saturated heterocycles. The van der Waals surface area contributed by atoms with Crippen LogP contribution in [0, 0.1) is 0 Å². The van der Waals surface area contributed by atoms with E-state index in [0.29, 0.717) is 23.3 Å². The number of halogens is 1. The quantitative estimate of drug-likeness (QED) is 0.393. The maximum absolute atomic E-state index is 12.9. The molecule has 2 aromatic carbocycles. The molecule has 0 radical (unpaired) electrons. The predicted molar refractivity (Wildman–Crippen MR) is 122 cm³/mol. The Labute approximate surface area is 180 Å². The molecule has 4 aromatic rings. The van der Waals surface area contributed by atoms with Crippen molar-refractivity contribution in [2.75, 3.05) is 6.54 Å². The summed E-state index contributed by atoms with van der Waals surface area (Å²) in [4.78, 5) is 29.0. The SMILES string of the molecule is NCCCn1cc(C2=C(c3c[nH]c4ccc(Br)cc34)C(=O)NC2=O)c2ccccc21. The van der Waals surface area contributed by atoms with Crippen LogP contribution in [0.5, 0.6) is 0 Å². The number of nitrogens with two attached hydrogens (primary N) is 1. The van der Waals surface area contributed by atoms with Crippen molar-refractivity contribution in [1.82, 2.24) is 14.9 Å². The fraction of sp³-hybridized carbons (Fsp3) is 0.130. The molecule has 3 heterocycles. The molecule has 1 aliphatic heterocycles. The van der Waals surface area contributed by atoms with E-state index >= 15 is 0 Å². The maximum atomic E-state index is 12.9. The first kappa shape index (κ1) is 18.8. The molecule has 150 valence electrons. The number of amides is 2. The number of nitrogens with one attached hydrogen (secondary N) is 2. The van der Waals surface area contributed by atoms with Gasteiger partial charge in [-0.3, -0.25) is 14.9 Å². The standard InChI is InChI=1S/C23H19BrN4O2/c24-13-6-7-18-15(10-13)16(11-26-18)20-21(23(30)27-22(20)29)17-12-28(9-3-8-25)19-5-2-1-4-14(17)19/h1-2,4-7,10-12,26H,3,8-9,25H2,(H,27,29,30). The van der Waals surface area contributed by atoms with Crippen molar-refractivity contribution >= 4 is 60.7 Å². The Balaban J connectivity index is 1.79. The van der Waals surface area contributed by atoms with Crippen molar-refractivity contribution in [3.05, 3.63) is 70.5 Å². The number of carbonyl (C=O) groups excluding carboxylic acids is 2. The van der Waals surface area contributed by atoms with Crippen molar-refractivity contribution in [3.8, 4) is 0 Å². The number of nitrogens with zero attached hydrogens (tertiary/aromatic N) is 1. The number of para-hydroxylation sites is 1. The number of aromatic nitrogens is 2. The molecule has 0 unspecified atom stereocenters.